The van der Waals surface area contributed by atoms with Crippen molar-refractivity contribution in [3.8, 4) is 5.75 Å². The van der Waals surface area contributed by atoms with Gasteiger partial charge < -0.3 is 20.5 Å². The van der Waals surface area contributed by atoms with Gasteiger partial charge in [0, 0.05) is 12.1 Å². The maximum atomic E-state index is 12.7. The van der Waals surface area contributed by atoms with Crippen LogP contribution in [0.3, 0.4) is 0 Å². The lowest BCUT2D eigenvalue weighted by atomic mass is 9.91. The topological polar surface area (TPSA) is 87.7 Å². The van der Waals surface area contributed by atoms with Crippen LogP contribution in [0.4, 0.5) is 5.69 Å². The molecule has 1 aliphatic rings. The first-order chi connectivity index (χ1) is 15.8. The zero-order valence-corrected chi connectivity index (χ0v) is 18.6. The molecule has 33 heavy (non-hydrogen) atoms. The molecule has 1 atom stereocenters. The van der Waals surface area contributed by atoms with Crippen molar-refractivity contribution in [1.82, 2.24) is 5.32 Å². The van der Waals surface area contributed by atoms with Crippen molar-refractivity contribution < 1.29 is 19.4 Å². The van der Waals surface area contributed by atoms with Crippen molar-refractivity contribution >= 4 is 17.5 Å². The van der Waals surface area contributed by atoms with Crippen LogP contribution in [-0.4, -0.2) is 22.5 Å². The molecule has 1 heterocycles. The zero-order chi connectivity index (χ0) is 23.4. The Balaban J connectivity index is 1.44. The summed E-state index contributed by atoms with van der Waals surface area (Å²) in [6.45, 7) is 4.08. The summed E-state index contributed by atoms with van der Waals surface area (Å²) in [5, 5.41) is 16.3. The van der Waals surface area contributed by atoms with Crippen LogP contribution in [0.25, 0.3) is 0 Å². The number of aliphatic hydroxyl groups excluding tert-OH is 1. The molecular weight excluding hydrogens is 416 g/mol. The van der Waals surface area contributed by atoms with Crippen LogP contribution in [-0.2, 0) is 22.6 Å². The zero-order valence-electron chi connectivity index (χ0n) is 18.6. The average Bonchev–Trinajstić information content (AvgIpc) is 3.01. The quantitative estimate of drug-likeness (QED) is 0.472. The molecule has 0 radical (unpaired) electrons. The molecule has 6 nitrogen and oxygen atoms in total. The third kappa shape index (κ3) is 5.06. The van der Waals surface area contributed by atoms with Gasteiger partial charge in [-0.3, -0.25) is 9.59 Å². The fourth-order valence-corrected chi connectivity index (χ4v) is 3.86. The molecule has 0 aromatic heterocycles. The number of hydrogen-bond acceptors (Lipinski definition) is 4. The minimum atomic E-state index is -1.08. The van der Waals surface area contributed by atoms with E-state index in [9.17, 15) is 14.7 Å². The summed E-state index contributed by atoms with van der Waals surface area (Å²) in [6.07, 6.45) is 0.324. The predicted molar refractivity (Wildman–Crippen MR) is 127 cm³/mol. The number of carbonyl (C=O) groups is 2. The fraction of sp³-hybridized carbons (Fsp3) is 0.185. The highest BCUT2D eigenvalue weighted by molar-refractivity contribution is 6.24. The van der Waals surface area contributed by atoms with Gasteiger partial charge in [0.2, 0.25) is 0 Å². The Hall–Kier alpha value is -4.06. The first kappa shape index (κ1) is 22.1. The van der Waals surface area contributed by atoms with Gasteiger partial charge in [-0.15, -0.1) is 0 Å². The normalized spacial score (nSPS) is 17.6. The Morgan fingerprint density at radius 1 is 1.00 bits per heavy atom. The van der Waals surface area contributed by atoms with Crippen molar-refractivity contribution in [3.63, 3.8) is 0 Å². The maximum absolute atomic E-state index is 12.7. The van der Waals surface area contributed by atoms with E-state index < -0.39 is 17.4 Å². The number of rotatable bonds is 7. The molecule has 0 bridgehead atoms. The smallest absolute Gasteiger partial charge is 0.264 e. The lowest BCUT2D eigenvalue weighted by Gasteiger charge is -2.25. The largest absolute Gasteiger partial charge is 0.509 e. The molecule has 0 saturated heterocycles. The SMILES string of the molecule is Cc1cccc(NC(=O)C2=C(O)C(C)(Cc3ccc(OCc4ccccc4)cc3)NC2=O)c1. The first-order valence-electron chi connectivity index (χ1n) is 10.7. The van der Waals surface area contributed by atoms with Crippen molar-refractivity contribution in [3.05, 3.63) is 107 Å². The Kier molecular flexibility index (Phi) is 6.18. The van der Waals surface area contributed by atoms with Gasteiger partial charge in [0.25, 0.3) is 11.8 Å². The monoisotopic (exact) mass is 442 g/mol. The lowest BCUT2D eigenvalue weighted by molar-refractivity contribution is -0.121. The third-order valence-corrected chi connectivity index (χ3v) is 5.61. The van der Waals surface area contributed by atoms with E-state index in [1.807, 2.05) is 73.7 Å². The van der Waals surface area contributed by atoms with Crippen LogP contribution >= 0.6 is 0 Å². The summed E-state index contributed by atoms with van der Waals surface area (Å²) in [4.78, 5) is 25.3. The second kappa shape index (κ2) is 9.20. The number of nitrogens with one attached hydrogen (secondary N) is 2. The highest BCUT2D eigenvalue weighted by Crippen LogP contribution is 2.30. The molecule has 0 fully saturated rings. The second-order valence-electron chi connectivity index (χ2n) is 8.43. The summed E-state index contributed by atoms with van der Waals surface area (Å²) >= 11 is 0. The van der Waals surface area contributed by atoms with Crippen LogP contribution in [0, 0.1) is 6.92 Å². The van der Waals surface area contributed by atoms with E-state index in [1.165, 1.54) is 0 Å². The summed E-state index contributed by atoms with van der Waals surface area (Å²) in [6, 6.07) is 24.6. The van der Waals surface area contributed by atoms with Crippen LogP contribution in [0.15, 0.2) is 90.2 Å². The Morgan fingerprint density at radius 3 is 2.42 bits per heavy atom. The van der Waals surface area contributed by atoms with Crippen LogP contribution < -0.4 is 15.4 Å². The van der Waals surface area contributed by atoms with E-state index in [1.54, 1.807) is 19.1 Å². The number of anilines is 1. The van der Waals surface area contributed by atoms with Gasteiger partial charge in [-0.2, -0.15) is 0 Å². The van der Waals surface area contributed by atoms with Crippen LogP contribution in [0.5, 0.6) is 5.75 Å². The van der Waals surface area contributed by atoms with Crippen molar-refractivity contribution in [1.29, 1.82) is 0 Å². The Labute approximate surface area is 192 Å². The van der Waals surface area contributed by atoms with E-state index in [0.717, 1.165) is 22.4 Å². The van der Waals surface area contributed by atoms with Gasteiger partial charge in [0.05, 0.1) is 5.54 Å². The number of amides is 2. The van der Waals surface area contributed by atoms with Gasteiger partial charge >= 0.3 is 0 Å². The number of aliphatic hydroxyl groups is 1. The van der Waals surface area contributed by atoms with Gasteiger partial charge in [-0.25, -0.2) is 0 Å². The summed E-state index contributed by atoms with van der Waals surface area (Å²) in [7, 11) is 0. The Bertz CT molecular complexity index is 1200. The van der Waals surface area contributed by atoms with E-state index in [2.05, 4.69) is 10.6 Å². The molecule has 4 rings (SSSR count). The Morgan fingerprint density at radius 2 is 1.73 bits per heavy atom. The molecule has 0 saturated carbocycles. The molecule has 3 N–H and O–H groups in total. The summed E-state index contributed by atoms with van der Waals surface area (Å²) in [5.74, 6) is -0.768. The molecule has 0 spiro atoms. The maximum Gasteiger partial charge on any atom is 0.264 e. The van der Waals surface area contributed by atoms with E-state index >= 15 is 0 Å². The number of benzene rings is 3. The molecule has 6 heteroatoms. The fourth-order valence-electron chi connectivity index (χ4n) is 3.86. The highest BCUT2D eigenvalue weighted by atomic mass is 16.5. The lowest BCUT2D eigenvalue weighted by Crippen LogP contribution is -2.43. The summed E-state index contributed by atoms with van der Waals surface area (Å²) in [5.41, 5.74) is 2.16. The van der Waals surface area contributed by atoms with Crippen LogP contribution in [0.1, 0.15) is 23.6 Å². The van der Waals surface area contributed by atoms with Crippen molar-refractivity contribution in [2.75, 3.05) is 5.32 Å². The molecule has 3 aromatic carbocycles. The van der Waals surface area contributed by atoms with E-state index in [-0.39, 0.29) is 11.3 Å². The second-order valence-corrected chi connectivity index (χ2v) is 8.43. The number of carbonyl (C=O) groups excluding carboxylic acids is 2. The standard InChI is InChI=1S/C27H26N2O4/c1-18-7-6-10-21(15-18)28-25(31)23-24(30)27(2,29-26(23)32)16-19-11-13-22(14-12-19)33-17-20-8-4-3-5-9-20/h3-15,30H,16-17H2,1-2H3,(H,28,31)(H,29,32). The number of ether oxygens (including phenoxy) is 1. The first-order valence-corrected chi connectivity index (χ1v) is 10.7. The highest BCUT2D eigenvalue weighted by Gasteiger charge is 2.44. The molecule has 1 unspecified atom stereocenters. The van der Waals surface area contributed by atoms with Crippen molar-refractivity contribution in [2.24, 2.45) is 0 Å². The minimum absolute atomic E-state index is 0.262. The van der Waals surface area contributed by atoms with Gasteiger partial charge in [-0.1, -0.05) is 54.6 Å². The molecular formula is C27H26N2O4. The minimum Gasteiger partial charge on any atom is -0.509 e. The number of aryl methyl sites for hydroxylation is 1. The predicted octanol–water partition coefficient (Wildman–Crippen LogP) is 4.46. The van der Waals surface area contributed by atoms with E-state index in [0.29, 0.717) is 18.7 Å². The van der Waals surface area contributed by atoms with Gasteiger partial charge in [0.1, 0.15) is 23.7 Å². The number of hydrogen-bond donors (Lipinski definition) is 3. The van der Waals surface area contributed by atoms with E-state index in [4.69, 9.17) is 4.74 Å². The molecule has 1 aliphatic heterocycles. The third-order valence-electron chi connectivity index (χ3n) is 5.61. The molecule has 3 aromatic rings. The average molecular weight is 443 g/mol. The molecule has 168 valence electrons. The molecule has 0 aliphatic carbocycles. The summed E-state index contributed by atoms with van der Waals surface area (Å²) < 4.78 is 5.81. The molecule has 2 amide bonds. The van der Waals surface area contributed by atoms with Gasteiger partial charge in [-0.05, 0) is 54.8 Å². The van der Waals surface area contributed by atoms with Gasteiger partial charge in [0.15, 0.2) is 0 Å². The van der Waals surface area contributed by atoms with Crippen LogP contribution in [0.2, 0.25) is 0 Å². The van der Waals surface area contributed by atoms with Crippen molar-refractivity contribution in [2.45, 2.75) is 32.4 Å².